The van der Waals surface area contributed by atoms with Gasteiger partial charge in [0.2, 0.25) is 0 Å². The Morgan fingerprint density at radius 1 is 1.36 bits per heavy atom. The molecule has 0 atom stereocenters. The number of carboxylic acids is 1. The first-order valence-electron chi connectivity index (χ1n) is 4.18. The minimum absolute atomic E-state index is 0.0782. The van der Waals surface area contributed by atoms with E-state index in [1.54, 1.807) is 0 Å². The fourth-order valence-corrected chi connectivity index (χ4v) is 0.822. The molecule has 14 heavy (non-hydrogen) atoms. The summed E-state index contributed by atoms with van der Waals surface area (Å²) in [6.07, 6.45) is 0. The van der Waals surface area contributed by atoms with E-state index in [1.165, 1.54) is 6.92 Å². The molecule has 0 aromatic heterocycles. The van der Waals surface area contributed by atoms with Crippen molar-refractivity contribution in [2.45, 2.75) is 13.8 Å². The number of aryl methyl sites for hydroxylation is 1. The molecular weight excluding hydrogens is 180 g/mol. The Morgan fingerprint density at radius 2 is 1.93 bits per heavy atom. The van der Waals surface area contributed by atoms with Gasteiger partial charge in [-0.05, 0) is 26.0 Å². The molecule has 0 amide bonds. The Morgan fingerprint density at radius 3 is 2.43 bits per heavy atom. The SMILES string of the molecule is C/C(=N/Nc1ccc(C)cc1)C(=O)[O-]. The number of benzene rings is 1. The zero-order valence-electron chi connectivity index (χ0n) is 8.07. The number of hydrazone groups is 1. The van der Waals surface area contributed by atoms with Crippen LogP contribution in [0, 0.1) is 6.92 Å². The summed E-state index contributed by atoms with van der Waals surface area (Å²) in [5, 5.41) is 13.9. The molecule has 0 aliphatic carbocycles. The van der Waals surface area contributed by atoms with Gasteiger partial charge in [-0.2, -0.15) is 5.10 Å². The second-order valence-electron chi connectivity index (χ2n) is 2.96. The normalized spacial score (nSPS) is 11.1. The van der Waals surface area contributed by atoms with Crippen molar-refractivity contribution in [2.24, 2.45) is 5.10 Å². The summed E-state index contributed by atoms with van der Waals surface area (Å²) in [6, 6.07) is 7.46. The highest BCUT2D eigenvalue weighted by Gasteiger charge is 1.91. The molecular formula is C10H11N2O2-. The summed E-state index contributed by atoms with van der Waals surface area (Å²) in [5.74, 6) is -1.27. The second-order valence-corrected chi connectivity index (χ2v) is 2.96. The number of nitrogens with zero attached hydrogens (tertiary/aromatic N) is 1. The van der Waals surface area contributed by atoms with E-state index >= 15 is 0 Å². The summed E-state index contributed by atoms with van der Waals surface area (Å²) in [4.78, 5) is 10.3. The molecule has 74 valence electrons. The third-order valence-corrected chi connectivity index (χ3v) is 1.70. The van der Waals surface area contributed by atoms with Crippen LogP contribution in [0.3, 0.4) is 0 Å². The Balaban J connectivity index is 2.66. The minimum Gasteiger partial charge on any atom is -0.543 e. The lowest BCUT2D eigenvalue weighted by Crippen LogP contribution is -2.30. The van der Waals surface area contributed by atoms with Crippen LogP contribution < -0.4 is 10.5 Å². The lowest BCUT2D eigenvalue weighted by molar-refractivity contribution is -0.294. The molecule has 0 heterocycles. The zero-order chi connectivity index (χ0) is 10.6. The fourth-order valence-electron chi connectivity index (χ4n) is 0.822. The quantitative estimate of drug-likeness (QED) is 0.560. The smallest absolute Gasteiger partial charge is 0.0873 e. The number of carbonyl (C=O) groups is 1. The van der Waals surface area contributed by atoms with E-state index in [9.17, 15) is 9.90 Å². The number of hydrogen-bond donors (Lipinski definition) is 1. The second kappa shape index (κ2) is 4.41. The van der Waals surface area contributed by atoms with Crippen molar-refractivity contribution in [3.63, 3.8) is 0 Å². The summed E-state index contributed by atoms with van der Waals surface area (Å²) in [6.45, 7) is 3.34. The predicted octanol–water partition coefficient (Wildman–Crippen LogP) is 0.533. The van der Waals surface area contributed by atoms with Crippen molar-refractivity contribution in [3.05, 3.63) is 29.8 Å². The van der Waals surface area contributed by atoms with Crippen LogP contribution >= 0.6 is 0 Å². The molecule has 1 N–H and O–H groups in total. The first-order valence-corrected chi connectivity index (χ1v) is 4.18. The molecule has 4 nitrogen and oxygen atoms in total. The van der Waals surface area contributed by atoms with Gasteiger partial charge in [-0.15, -0.1) is 0 Å². The van der Waals surface area contributed by atoms with E-state index in [0.29, 0.717) is 0 Å². The van der Waals surface area contributed by atoms with E-state index in [1.807, 2.05) is 31.2 Å². The van der Waals surface area contributed by atoms with Gasteiger partial charge in [0.1, 0.15) is 0 Å². The van der Waals surface area contributed by atoms with Crippen molar-refractivity contribution >= 4 is 17.4 Å². The first-order chi connectivity index (χ1) is 6.59. The van der Waals surface area contributed by atoms with Crippen LogP contribution in [0.2, 0.25) is 0 Å². The van der Waals surface area contributed by atoms with E-state index in [4.69, 9.17) is 0 Å². The van der Waals surface area contributed by atoms with Crippen LogP contribution in [-0.4, -0.2) is 11.7 Å². The predicted molar refractivity (Wildman–Crippen MR) is 52.9 cm³/mol. The largest absolute Gasteiger partial charge is 0.543 e. The van der Waals surface area contributed by atoms with Crippen LogP contribution in [-0.2, 0) is 4.79 Å². The summed E-state index contributed by atoms with van der Waals surface area (Å²) in [7, 11) is 0. The molecule has 0 saturated carbocycles. The maximum absolute atomic E-state index is 10.3. The van der Waals surface area contributed by atoms with Gasteiger partial charge in [-0.3, -0.25) is 5.43 Å². The number of rotatable bonds is 3. The fraction of sp³-hybridized carbons (Fsp3) is 0.200. The molecule has 1 rings (SSSR count). The van der Waals surface area contributed by atoms with E-state index in [-0.39, 0.29) is 5.71 Å². The maximum Gasteiger partial charge on any atom is 0.0873 e. The molecule has 1 aromatic rings. The Bertz CT molecular complexity index is 355. The van der Waals surface area contributed by atoms with Crippen molar-refractivity contribution in [1.82, 2.24) is 0 Å². The van der Waals surface area contributed by atoms with Gasteiger partial charge in [0.05, 0.1) is 17.4 Å². The maximum atomic E-state index is 10.3. The summed E-state index contributed by atoms with van der Waals surface area (Å²) >= 11 is 0. The number of nitrogens with one attached hydrogen (secondary N) is 1. The summed E-state index contributed by atoms with van der Waals surface area (Å²) < 4.78 is 0. The third kappa shape index (κ3) is 2.90. The van der Waals surface area contributed by atoms with Crippen molar-refractivity contribution in [1.29, 1.82) is 0 Å². The standard InChI is InChI=1S/C10H12N2O2/c1-7-3-5-9(6-4-7)12-11-8(2)10(13)14/h3-6,12H,1-2H3,(H,13,14)/p-1/b11-8-. The van der Waals surface area contributed by atoms with Crippen molar-refractivity contribution < 1.29 is 9.90 Å². The molecule has 1 aromatic carbocycles. The minimum atomic E-state index is -1.27. The van der Waals surface area contributed by atoms with Crippen LogP contribution in [0.5, 0.6) is 0 Å². The van der Waals surface area contributed by atoms with Gasteiger partial charge in [0.25, 0.3) is 0 Å². The lowest BCUT2D eigenvalue weighted by atomic mass is 10.2. The summed E-state index contributed by atoms with van der Waals surface area (Å²) in [5.41, 5.74) is 4.42. The van der Waals surface area contributed by atoms with Crippen LogP contribution in [0.15, 0.2) is 29.4 Å². The Kier molecular flexibility index (Phi) is 3.23. The molecule has 0 aliphatic rings. The Hall–Kier alpha value is -1.84. The van der Waals surface area contributed by atoms with Gasteiger partial charge in [0, 0.05) is 0 Å². The van der Waals surface area contributed by atoms with Crippen LogP contribution in [0.4, 0.5) is 5.69 Å². The van der Waals surface area contributed by atoms with Gasteiger partial charge in [-0.25, -0.2) is 0 Å². The van der Waals surface area contributed by atoms with E-state index in [2.05, 4.69) is 10.5 Å². The average Bonchev–Trinajstić information content (AvgIpc) is 2.16. The zero-order valence-corrected chi connectivity index (χ0v) is 8.07. The van der Waals surface area contributed by atoms with E-state index < -0.39 is 5.97 Å². The number of anilines is 1. The lowest BCUT2D eigenvalue weighted by Gasteiger charge is -2.03. The Labute approximate surface area is 82.3 Å². The van der Waals surface area contributed by atoms with Gasteiger partial charge >= 0.3 is 0 Å². The number of hydrogen-bond acceptors (Lipinski definition) is 4. The van der Waals surface area contributed by atoms with Crippen LogP contribution in [0.1, 0.15) is 12.5 Å². The van der Waals surface area contributed by atoms with Crippen molar-refractivity contribution in [2.75, 3.05) is 5.43 Å². The highest BCUT2D eigenvalue weighted by molar-refractivity contribution is 6.33. The topological polar surface area (TPSA) is 64.5 Å². The molecule has 0 saturated heterocycles. The number of carboxylic acid groups (broad SMARTS) is 1. The number of aliphatic carboxylic acids is 1. The first kappa shape index (κ1) is 10.2. The van der Waals surface area contributed by atoms with Gasteiger partial charge in [0.15, 0.2) is 0 Å². The van der Waals surface area contributed by atoms with Gasteiger partial charge < -0.3 is 9.90 Å². The molecule has 0 bridgehead atoms. The van der Waals surface area contributed by atoms with Gasteiger partial charge in [-0.1, -0.05) is 17.7 Å². The average molecular weight is 191 g/mol. The van der Waals surface area contributed by atoms with Crippen molar-refractivity contribution in [3.8, 4) is 0 Å². The number of carbonyl (C=O) groups excluding carboxylic acids is 1. The molecule has 0 radical (unpaired) electrons. The molecule has 0 unspecified atom stereocenters. The highest BCUT2D eigenvalue weighted by Crippen LogP contribution is 2.08. The monoisotopic (exact) mass is 191 g/mol. The molecule has 0 spiro atoms. The third-order valence-electron chi connectivity index (χ3n) is 1.70. The molecule has 4 heteroatoms. The molecule has 0 aliphatic heterocycles. The van der Waals surface area contributed by atoms with E-state index in [0.717, 1.165) is 11.3 Å². The highest BCUT2D eigenvalue weighted by atomic mass is 16.4. The van der Waals surface area contributed by atoms with Crippen LogP contribution in [0.25, 0.3) is 0 Å². The molecule has 0 fully saturated rings.